The van der Waals surface area contributed by atoms with Gasteiger partial charge in [-0.3, -0.25) is 0 Å². The first kappa shape index (κ1) is 14.1. The summed E-state index contributed by atoms with van der Waals surface area (Å²) in [4.78, 5) is 0. The molecule has 0 radical (unpaired) electrons. The van der Waals surface area contributed by atoms with E-state index in [0.29, 0.717) is 6.00 Å². The van der Waals surface area contributed by atoms with Crippen LogP contribution in [0.1, 0.15) is 19.4 Å². The lowest BCUT2D eigenvalue weighted by atomic mass is 9.84. The Labute approximate surface area is 108 Å². The third-order valence-electron chi connectivity index (χ3n) is 2.80. The predicted molar refractivity (Wildman–Crippen MR) is 71.3 cm³/mol. The molecule has 0 amide bonds. The Balaban J connectivity index is 3.03. The Morgan fingerprint density at radius 1 is 1.24 bits per heavy atom. The largest absolute Gasteiger partial charge is 0.497 e. The molecule has 1 rings (SSSR count). The summed E-state index contributed by atoms with van der Waals surface area (Å²) in [5.74, 6) is 1.64. The number of ether oxygens (including phenoxy) is 2. The minimum absolute atomic E-state index is 0.0491. The minimum atomic E-state index is -0.0491. The first-order chi connectivity index (χ1) is 8.05. The van der Waals surface area contributed by atoms with E-state index in [2.05, 4.69) is 19.2 Å². The fraction of sp³-hybridized carbons (Fsp3) is 0.538. The van der Waals surface area contributed by atoms with Crippen LogP contribution in [0, 0.1) is 0 Å². The summed E-state index contributed by atoms with van der Waals surface area (Å²) in [6.07, 6.45) is 0. The number of alkyl halides is 1. The standard InChI is InChI=1S/C13H20ClNO2/c1-13(2,8-15-9-14)11-6-5-10(16-3)7-12(11)17-4/h5-7,15H,8-9H2,1-4H3. The minimum Gasteiger partial charge on any atom is -0.497 e. The van der Waals surface area contributed by atoms with Gasteiger partial charge in [0.25, 0.3) is 0 Å². The van der Waals surface area contributed by atoms with Gasteiger partial charge in [0.05, 0.1) is 20.2 Å². The van der Waals surface area contributed by atoms with Gasteiger partial charge in [-0.15, -0.1) is 11.6 Å². The molecular weight excluding hydrogens is 238 g/mol. The predicted octanol–water partition coefficient (Wildman–Crippen LogP) is 2.77. The highest BCUT2D eigenvalue weighted by molar-refractivity contribution is 6.17. The maximum Gasteiger partial charge on any atom is 0.126 e. The summed E-state index contributed by atoms with van der Waals surface area (Å²) in [6, 6.07) is 6.33. The molecule has 0 saturated carbocycles. The summed E-state index contributed by atoms with van der Waals surface area (Å²) in [5.41, 5.74) is 1.09. The first-order valence-corrected chi connectivity index (χ1v) is 6.08. The average Bonchev–Trinajstić information content (AvgIpc) is 2.35. The maximum absolute atomic E-state index is 5.65. The second kappa shape index (κ2) is 6.12. The zero-order chi connectivity index (χ0) is 12.9. The lowest BCUT2D eigenvalue weighted by Gasteiger charge is -2.27. The van der Waals surface area contributed by atoms with E-state index in [1.54, 1.807) is 14.2 Å². The van der Waals surface area contributed by atoms with Crippen LogP contribution in [0.5, 0.6) is 11.5 Å². The van der Waals surface area contributed by atoms with E-state index in [4.69, 9.17) is 21.1 Å². The molecular formula is C13H20ClNO2. The highest BCUT2D eigenvalue weighted by atomic mass is 35.5. The quantitative estimate of drug-likeness (QED) is 0.628. The van der Waals surface area contributed by atoms with Crippen molar-refractivity contribution in [1.29, 1.82) is 0 Å². The normalized spacial score (nSPS) is 11.4. The third kappa shape index (κ3) is 3.51. The topological polar surface area (TPSA) is 30.5 Å². The van der Waals surface area contributed by atoms with E-state index in [9.17, 15) is 0 Å². The molecule has 0 aliphatic carbocycles. The van der Waals surface area contributed by atoms with Gasteiger partial charge in [0.15, 0.2) is 0 Å². The molecule has 96 valence electrons. The molecule has 3 nitrogen and oxygen atoms in total. The molecule has 0 aliphatic heterocycles. The second-order valence-electron chi connectivity index (χ2n) is 4.51. The molecule has 0 saturated heterocycles. The van der Waals surface area contributed by atoms with Crippen molar-refractivity contribution in [3.8, 4) is 11.5 Å². The second-order valence-corrected chi connectivity index (χ2v) is 4.78. The van der Waals surface area contributed by atoms with Crippen molar-refractivity contribution >= 4 is 11.6 Å². The first-order valence-electron chi connectivity index (χ1n) is 5.54. The van der Waals surface area contributed by atoms with Crippen molar-refractivity contribution in [2.45, 2.75) is 19.3 Å². The van der Waals surface area contributed by atoms with Crippen LogP contribution in [-0.4, -0.2) is 26.8 Å². The van der Waals surface area contributed by atoms with Crippen LogP contribution in [-0.2, 0) is 5.41 Å². The fourth-order valence-corrected chi connectivity index (χ4v) is 1.91. The summed E-state index contributed by atoms with van der Waals surface area (Å²) in [7, 11) is 3.32. The number of hydrogen-bond acceptors (Lipinski definition) is 3. The van der Waals surface area contributed by atoms with Gasteiger partial charge in [-0.2, -0.15) is 0 Å². The number of rotatable bonds is 6. The smallest absolute Gasteiger partial charge is 0.126 e. The fourth-order valence-electron chi connectivity index (χ4n) is 1.81. The molecule has 0 aromatic heterocycles. The Kier molecular flexibility index (Phi) is 5.09. The van der Waals surface area contributed by atoms with Crippen molar-refractivity contribution < 1.29 is 9.47 Å². The van der Waals surface area contributed by atoms with E-state index >= 15 is 0 Å². The molecule has 1 aromatic rings. The van der Waals surface area contributed by atoms with Crippen LogP contribution in [0.4, 0.5) is 0 Å². The van der Waals surface area contributed by atoms with Crippen LogP contribution in [0.2, 0.25) is 0 Å². The highest BCUT2D eigenvalue weighted by Gasteiger charge is 2.24. The number of nitrogens with one attached hydrogen (secondary N) is 1. The van der Waals surface area contributed by atoms with Gasteiger partial charge in [-0.1, -0.05) is 19.9 Å². The zero-order valence-corrected chi connectivity index (χ0v) is 11.6. The molecule has 0 spiro atoms. The molecule has 0 fully saturated rings. The number of hydrogen-bond donors (Lipinski definition) is 1. The van der Waals surface area contributed by atoms with E-state index in [1.165, 1.54) is 0 Å². The van der Waals surface area contributed by atoms with Crippen molar-refractivity contribution in [3.05, 3.63) is 23.8 Å². The Hall–Kier alpha value is -0.930. The van der Waals surface area contributed by atoms with Gasteiger partial charge in [0, 0.05) is 23.6 Å². The van der Waals surface area contributed by atoms with Crippen LogP contribution < -0.4 is 14.8 Å². The van der Waals surface area contributed by atoms with E-state index in [1.807, 2.05) is 18.2 Å². The van der Waals surface area contributed by atoms with Gasteiger partial charge in [0.2, 0.25) is 0 Å². The van der Waals surface area contributed by atoms with Crippen LogP contribution in [0.15, 0.2) is 18.2 Å². The summed E-state index contributed by atoms with van der Waals surface area (Å²) < 4.78 is 10.6. The van der Waals surface area contributed by atoms with Gasteiger partial charge in [0.1, 0.15) is 11.5 Å². The van der Waals surface area contributed by atoms with Gasteiger partial charge >= 0.3 is 0 Å². The van der Waals surface area contributed by atoms with Crippen molar-refractivity contribution in [1.82, 2.24) is 5.32 Å². The lowest BCUT2D eigenvalue weighted by molar-refractivity contribution is 0.376. The Morgan fingerprint density at radius 2 is 1.94 bits per heavy atom. The van der Waals surface area contributed by atoms with Crippen molar-refractivity contribution in [3.63, 3.8) is 0 Å². The van der Waals surface area contributed by atoms with E-state index in [0.717, 1.165) is 23.6 Å². The molecule has 0 atom stereocenters. The highest BCUT2D eigenvalue weighted by Crippen LogP contribution is 2.33. The number of methoxy groups -OCH3 is 2. The monoisotopic (exact) mass is 257 g/mol. The molecule has 0 unspecified atom stereocenters. The van der Waals surface area contributed by atoms with E-state index in [-0.39, 0.29) is 5.41 Å². The Morgan fingerprint density at radius 3 is 2.47 bits per heavy atom. The lowest BCUT2D eigenvalue weighted by Crippen LogP contribution is -2.32. The maximum atomic E-state index is 5.65. The summed E-state index contributed by atoms with van der Waals surface area (Å²) in [5, 5.41) is 3.15. The molecule has 1 aromatic carbocycles. The van der Waals surface area contributed by atoms with Crippen molar-refractivity contribution in [2.24, 2.45) is 0 Å². The summed E-state index contributed by atoms with van der Waals surface area (Å²) >= 11 is 5.65. The van der Waals surface area contributed by atoms with E-state index < -0.39 is 0 Å². The van der Waals surface area contributed by atoms with Crippen molar-refractivity contribution in [2.75, 3.05) is 26.8 Å². The SMILES string of the molecule is COc1ccc(C(C)(C)CNCCl)c(OC)c1. The zero-order valence-electron chi connectivity index (χ0n) is 10.8. The number of benzene rings is 1. The molecule has 0 aliphatic rings. The van der Waals surface area contributed by atoms with Gasteiger partial charge in [-0.25, -0.2) is 0 Å². The van der Waals surface area contributed by atoms with Gasteiger partial charge < -0.3 is 14.8 Å². The van der Waals surface area contributed by atoms with Gasteiger partial charge in [-0.05, 0) is 6.07 Å². The Bertz CT molecular complexity index is 366. The molecule has 4 heteroatoms. The molecule has 0 heterocycles. The molecule has 0 bridgehead atoms. The van der Waals surface area contributed by atoms with Crippen LogP contribution in [0.25, 0.3) is 0 Å². The van der Waals surface area contributed by atoms with Crippen LogP contribution in [0.3, 0.4) is 0 Å². The third-order valence-corrected chi connectivity index (χ3v) is 2.99. The molecule has 17 heavy (non-hydrogen) atoms. The average molecular weight is 258 g/mol. The molecule has 1 N–H and O–H groups in total. The van der Waals surface area contributed by atoms with Crippen LogP contribution >= 0.6 is 11.6 Å². The number of halogens is 1. The summed E-state index contributed by atoms with van der Waals surface area (Å²) in [6.45, 7) is 5.09.